The van der Waals surface area contributed by atoms with Gasteiger partial charge in [0.2, 0.25) is 0 Å². The van der Waals surface area contributed by atoms with E-state index in [1.807, 2.05) is 0 Å². The molecule has 0 heterocycles. The lowest BCUT2D eigenvalue weighted by Gasteiger charge is -2.03. The summed E-state index contributed by atoms with van der Waals surface area (Å²) in [5, 5.41) is 24.8. The first-order chi connectivity index (χ1) is 12.5. The fourth-order valence-electron chi connectivity index (χ4n) is 2.08. The lowest BCUT2D eigenvalue weighted by atomic mass is 10.1. The maximum atomic E-state index is 8.19. The molecule has 0 unspecified atom stereocenters. The van der Waals surface area contributed by atoms with Crippen LogP contribution in [0.2, 0.25) is 20.1 Å². The van der Waals surface area contributed by atoms with E-state index in [0.29, 0.717) is 45.8 Å². The van der Waals surface area contributed by atoms with Crippen molar-refractivity contribution >= 4 is 58.8 Å². The molecule has 0 fully saturated rings. The molecule has 0 saturated heterocycles. The van der Waals surface area contributed by atoms with Crippen LogP contribution < -0.4 is 0 Å². The zero-order valence-electron chi connectivity index (χ0n) is 13.7. The molecule has 0 amide bonds. The normalized spacial score (nSPS) is 10.9. The Hall–Kier alpha value is -1.46. The van der Waals surface area contributed by atoms with Crippen LogP contribution in [0.5, 0.6) is 0 Å². The highest BCUT2D eigenvalue weighted by Crippen LogP contribution is 2.25. The van der Waals surface area contributed by atoms with Gasteiger partial charge in [0.05, 0.1) is 0 Å². The van der Waals surface area contributed by atoms with Crippen molar-refractivity contribution < 1.29 is 10.4 Å². The molecule has 0 radical (unpaired) electrons. The minimum Gasteiger partial charge on any atom is -0.411 e. The van der Waals surface area contributed by atoms with Crippen molar-refractivity contribution in [2.75, 3.05) is 0 Å². The molecule has 0 saturated carbocycles. The quantitative estimate of drug-likeness (QED) is 0.298. The molecular weight excluding hydrogens is 418 g/mol. The van der Waals surface area contributed by atoms with Crippen LogP contribution in [0.15, 0.2) is 46.7 Å². The fraction of sp³-hybridized carbons (Fsp3) is 0.222. The summed E-state index contributed by atoms with van der Waals surface area (Å²) in [6.07, 6.45) is 5.45. The SMILES string of the molecule is O/N=C/CCc1c(Cl)cccc1Cl.O/N=C\CCc1c(Cl)cccc1Cl. The van der Waals surface area contributed by atoms with Gasteiger partial charge in [0.1, 0.15) is 0 Å². The Kier molecular flexibility index (Phi) is 11.1. The third-order valence-electron chi connectivity index (χ3n) is 3.33. The smallest absolute Gasteiger partial charge is 0.0452 e. The van der Waals surface area contributed by atoms with Gasteiger partial charge < -0.3 is 10.4 Å². The monoisotopic (exact) mass is 434 g/mol. The zero-order valence-corrected chi connectivity index (χ0v) is 16.8. The van der Waals surface area contributed by atoms with E-state index in [-0.39, 0.29) is 0 Å². The van der Waals surface area contributed by atoms with Gasteiger partial charge >= 0.3 is 0 Å². The highest BCUT2D eigenvalue weighted by atomic mass is 35.5. The molecule has 4 nitrogen and oxygen atoms in total. The molecule has 0 aliphatic rings. The van der Waals surface area contributed by atoms with E-state index in [4.69, 9.17) is 56.8 Å². The van der Waals surface area contributed by atoms with Crippen molar-refractivity contribution in [3.8, 4) is 0 Å². The van der Waals surface area contributed by atoms with Gasteiger partial charge in [-0.25, -0.2) is 0 Å². The Bertz CT molecular complexity index is 648. The average Bonchev–Trinajstić information content (AvgIpc) is 2.61. The minimum absolute atomic E-state index is 0.625. The van der Waals surface area contributed by atoms with E-state index in [1.54, 1.807) is 36.4 Å². The lowest BCUT2D eigenvalue weighted by molar-refractivity contribution is 0.320. The maximum absolute atomic E-state index is 8.19. The number of hydrogen-bond acceptors (Lipinski definition) is 4. The second kappa shape index (κ2) is 12.8. The van der Waals surface area contributed by atoms with Crippen molar-refractivity contribution in [1.29, 1.82) is 0 Å². The molecule has 0 atom stereocenters. The number of oxime groups is 2. The summed E-state index contributed by atoms with van der Waals surface area (Å²) in [7, 11) is 0. The average molecular weight is 436 g/mol. The van der Waals surface area contributed by atoms with Crippen LogP contribution in [0, 0.1) is 0 Å². The summed E-state index contributed by atoms with van der Waals surface area (Å²) in [4.78, 5) is 0. The van der Waals surface area contributed by atoms with Gasteiger partial charge in [0.15, 0.2) is 0 Å². The molecule has 0 aliphatic heterocycles. The van der Waals surface area contributed by atoms with Gasteiger partial charge in [-0.3, -0.25) is 0 Å². The topological polar surface area (TPSA) is 65.2 Å². The predicted molar refractivity (Wildman–Crippen MR) is 110 cm³/mol. The predicted octanol–water partition coefficient (Wildman–Crippen LogP) is 6.77. The Balaban J connectivity index is 0.000000260. The van der Waals surface area contributed by atoms with Crippen molar-refractivity contribution in [2.24, 2.45) is 10.3 Å². The largest absolute Gasteiger partial charge is 0.411 e. The minimum atomic E-state index is 0.625. The van der Waals surface area contributed by atoms with Gasteiger partial charge in [-0.05, 0) is 61.1 Å². The van der Waals surface area contributed by atoms with Crippen molar-refractivity contribution in [2.45, 2.75) is 25.7 Å². The summed E-state index contributed by atoms with van der Waals surface area (Å²) in [5.41, 5.74) is 1.79. The Labute approximate surface area is 172 Å². The van der Waals surface area contributed by atoms with Crippen molar-refractivity contribution in [1.82, 2.24) is 0 Å². The molecule has 26 heavy (non-hydrogen) atoms. The lowest BCUT2D eigenvalue weighted by Crippen LogP contribution is -1.89. The highest BCUT2D eigenvalue weighted by molar-refractivity contribution is 6.36. The molecule has 0 aliphatic carbocycles. The van der Waals surface area contributed by atoms with Crippen LogP contribution >= 0.6 is 46.4 Å². The first-order valence-electron chi connectivity index (χ1n) is 7.68. The molecule has 0 aromatic heterocycles. The molecule has 8 heteroatoms. The Morgan fingerprint density at radius 2 is 0.962 bits per heavy atom. The fourth-order valence-corrected chi connectivity index (χ4v) is 3.25. The summed E-state index contributed by atoms with van der Waals surface area (Å²) < 4.78 is 0. The molecular formula is C18H18Cl4N2O2. The van der Waals surface area contributed by atoms with E-state index < -0.39 is 0 Å². The molecule has 2 aromatic carbocycles. The van der Waals surface area contributed by atoms with E-state index in [9.17, 15) is 0 Å². The van der Waals surface area contributed by atoms with Gasteiger partial charge in [0.25, 0.3) is 0 Å². The third-order valence-corrected chi connectivity index (χ3v) is 4.75. The number of rotatable bonds is 6. The van der Waals surface area contributed by atoms with Crippen LogP contribution in [0.25, 0.3) is 0 Å². The van der Waals surface area contributed by atoms with Gasteiger partial charge in [-0.2, -0.15) is 0 Å². The molecule has 2 aromatic rings. The summed E-state index contributed by atoms with van der Waals surface area (Å²) in [6, 6.07) is 10.8. The first-order valence-corrected chi connectivity index (χ1v) is 9.20. The Morgan fingerprint density at radius 1 is 0.654 bits per heavy atom. The zero-order chi connectivity index (χ0) is 19.4. The van der Waals surface area contributed by atoms with Crippen molar-refractivity contribution in [3.63, 3.8) is 0 Å². The Morgan fingerprint density at radius 3 is 1.23 bits per heavy atom. The van der Waals surface area contributed by atoms with Gasteiger partial charge in [0, 0.05) is 32.5 Å². The van der Waals surface area contributed by atoms with Crippen LogP contribution in [0.4, 0.5) is 0 Å². The molecule has 140 valence electrons. The first kappa shape index (κ1) is 22.6. The van der Waals surface area contributed by atoms with Crippen LogP contribution in [-0.2, 0) is 12.8 Å². The third kappa shape index (κ3) is 7.83. The van der Waals surface area contributed by atoms with E-state index >= 15 is 0 Å². The highest BCUT2D eigenvalue weighted by Gasteiger charge is 2.04. The van der Waals surface area contributed by atoms with Gasteiger partial charge in [-0.1, -0.05) is 58.5 Å². The molecule has 2 N–H and O–H groups in total. The van der Waals surface area contributed by atoms with Crippen LogP contribution in [0.1, 0.15) is 24.0 Å². The number of nitrogens with zero attached hydrogens (tertiary/aromatic N) is 2. The number of halogens is 4. The molecule has 0 spiro atoms. The van der Waals surface area contributed by atoms with Gasteiger partial charge in [-0.15, -0.1) is 10.3 Å². The van der Waals surface area contributed by atoms with E-state index in [1.165, 1.54) is 12.4 Å². The number of benzene rings is 2. The molecule has 2 rings (SSSR count). The maximum Gasteiger partial charge on any atom is 0.0452 e. The van der Waals surface area contributed by atoms with Crippen LogP contribution in [-0.4, -0.2) is 22.8 Å². The standard InChI is InChI=1S/2C9H9Cl2NO/c2*10-8-4-1-5-9(11)7(8)3-2-6-12-13/h2*1,4-6,13H,2-3H2/b12-6+;12-6-. The number of hydrogen-bond donors (Lipinski definition) is 2. The second-order valence-corrected chi connectivity index (χ2v) is 6.70. The van der Waals surface area contributed by atoms with E-state index in [0.717, 1.165) is 11.1 Å². The summed E-state index contributed by atoms with van der Waals surface area (Å²) in [5.74, 6) is 0. The van der Waals surface area contributed by atoms with E-state index in [2.05, 4.69) is 10.3 Å². The second-order valence-electron chi connectivity index (χ2n) is 5.07. The van der Waals surface area contributed by atoms with Crippen LogP contribution in [0.3, 0.4) is 0 Å². The summed E-state index contributed by atoms with van der Waals surface area (Å²) in [6.45, 7) is 0. The summed E-state index contributed by atoms with van der Waals surface area (Å²) >= 11 is 23.7. The van der Waals surface area contributed by atoms with Crippen molar-refractivity contribution in [3.05, 3.63) is 67.6 Å². The molecule has 0 bridgehead atoms.